The van der Waals surface area contributed by atoms with Crippen molar-refractivity contribution in [1.29, 1.82) is 0 Å². The van der Waals surface area contributed by atoms with Gasteiger partial charge in [-0.15, -0.1) is 0 Å². The van der Waals surface area contributed by atoms with Gasteiger partial charge >= 0.3 is 6.18 Å². The largest absolute Gasteiger partial charge is 0.433 e. The zero-order valence-corrected chi connectivity index (χ0v) is 12.4. The smallest absolute Gasteiger partial charge is 0.366 e. The number of aromatic nitrogens is 2. The fourth-order valence-electron chi connectivity index (χ4n) is 2.33. The second-order valence-corrected chi connectivity index (χ2v) is 6.43. The van der Waals surface area contributed by atoms with Crippen LogP contribution in [-0.2, 0) is 6.18 Å². The first-order valence-electron chi connectivity index (χ1n) is 6.40. The molecule has 0 aliphatic heterocycles. The van der Waals surface area contributed by atoms with Gasteiger partial charge in [0.1, 0.15) is 5.82 Å². The molecule has 0 radical (unpaired) electrons. The summed E-state index contributed by atoms with van der Waals surface area (Å²) in [4.78, 5) is 7.06. The maximum absolute atomic E-state index is 12.7. The van der Waals surface area contributed by atoms with Crippen LogP contribution in [0.5, 0.6) is 0 Å². The molecule has 0 bridgehead atoms. The van der Waals surface area contributed by atoms with Crippen LogP contribution in [0, 0.1) is 0 Å². The van der Waals surface area contributed by atoms with Crippen LogP contribution in [0.2, 0.25) is 5.28 Å². The van der Waals surface area contributed by atoms with Gasteiger partial charge in [0.15, 0.2) is 5.69 Å². The number of halogens is 4. The number of hydrogen-bond donors (Lipinski definition) is 1. The molecule has 0 amide bonds. The summed E-state index contributed by atoms with van der Waals surface area (Å²) in [7, 11) is 0. The lowest BCUT2D eigenvalue weighted by Crippen LogP contribution is -2.27. The third-order valence-electron chi connectivity index (χ3n) is 3.16. The Morgan fingerprint density at radius 3 is 2.80 bits per heavy atom. The number of hydrogen-bond acceptors (Lipinski definition) is 4. The Bertz CT molecular complexity index is 470. The van der Waals surface area contributed by atoms with Gasteiger partial charge in [-0.25, -0.2) is 9.97 Å². The van der Waals surface area contributed by atoms with E-state index in [0.29, 0.717) is 5.25 Å². The average Bonchev–Trinajstić information content (AvgIpc) is 2.75. The summed E-state index contributed by atoms with van der Waals surface area (Å²) in [6.07, 6.45) is -1.45. The fourth-order valence-corrected chi connectivity index (χ4v) is 3.71. The summed E-state index contributed by atoms with van der Waals surface area (Å²) < 4.78 is 38.0. The Kier molecular flexibility index (Phi) is 5.01. The molecule has 0 saturated heterocycles. The number of alkyl halides is 3. The topological polar surface area (TPSA) is 37.8 Å². The molecule has 2 atom stereocenters. The second-order valence-electron chi connectivity index (χ2n) is 4.58. The van der Waals surface area contributed by atoms with Crippen LogP contribution < -0.4 is 5.32 Å². The molecule has 8 heteroatoms. The second kappa shape index (κ2) is 6.39. The molecule has 0 aromatic carbocycles. The molecule has 1 aromatic rings. The molecule has 3 nitrogen and oxygen atoms in total. The summed E-state index contributed by atoms with van der Waals surface area (Å²) in [6.45, 7) is 2.07. The molecule has 1 aromatic heterocycles. The van der Waals surface area contributed by atoms with Gasteiger partial charge < -0.3 is 5.32 Å². The molecule has 2 unspecified atom stereocenters. The number of nitrogens with zero attached hydrogens (tertiary/aromatic N) is 2. The maximum atomic E-state index is 12.7. The highest BCUT2D eigenvalue weighted by molar-refractivity contribution is 7.99. The molecule has 0 spiro atoms. The minimum Gasteiger partial charge on any atom is -0.366 e. The van der Waals surface area contributed by atoms with Gasteiger partial charge in [-0.05, 0) is 30.2 Å². The molecular weight excluding hydrogens is 311 g/mol. The third-order valence-corrected chi connectivity index (χ3v) is 4.65. The highest BCUT2D eigenvalue weighted by atomic mass is 35.5. The molecule has 1 N–H and O–H groups in total. The van der Waals surface area contributed by atoms with E-state index in [1.165, 1.54) is 0 Å². The maximum Gasteiger partial charge on any atom is 0.433 e. The van der Waals surface area contributed by atoms with Gasteiger partial charge in [-0.2, -0.15) is 24.9 Å². The molecule has 1 aliphatic rings. The number of nitrogens with one attached hydrogen (secondary N) is 1. The number of thioether (sulfide) groups is 1. The van der Waals surface area contributed by atoms with Crippen LogP contribution >= 0.6 is 23.4 Å². The van der Waals surface area contributed by atoms with E-state index in [9.17, 15) is 13.2 Å². The van der Waals surface area contributed by atoms with E-state index in [-0.39, 0.29) is 17.1 Å². The minimum absolute atomic E-state index is 0.131. The first-order valence-corrected chi connectivity index (χ1v) is 7.82. The number of rotatable bonds is 4. The minimum atomic E-state index is -4.52. The standard InChI is InChI=1S/C12H15ClF3N3S/c1-2-20-8-5-3-4-7(8)17-10-6-9(12(14,15)16)18-11(13)19-10/h6-8H,2-5H2,1H3,(H,17,18,19). The van der Waals surface area contributed by atoms with Crippen molar-refractivity contribution in [3.05, 3.63) is 17.0 Å². The van der Waals surface area contributed by atoms with Crippen molar-refractivity contribution in [2.45, 2.75) is 43.7 Å². The number of anilines is 1. The Balaban J connectivity index is 2.15. The zero-order chi connectivity index (χ0) is 14.8. The van der Waals surface area contributed by atoms with Gasteiger partial charge in [0, 0.05) is 17.4 Å². The first kappa shape index (κ1) is 15.7. The highest BCUT2D eigenvalue weighted by Gasteiger charge is 2.34. The Labute approximate surface area is 124 Å². The van der Waals surface area contributed by atoms with Crippen molar-refractivity contribution < 1.29 is 13.2 Å². The predicted molar refractivity (Wildman–Crippen MR) is 75.2 cm³/mol. The molecule has 20 heavy (non-hydrogen) atoms. The van der Waals surface area contributed by atoms with Gasteiger partial charge in [0.05, 0.1) is 0 Å². The van der Waals surface area contributed by atoms with Crippen molar-refractivity contribution in [3.63, 3.8) is 0 Å². The Hall–Kier alpha value is -0.690. The van der Waals surface area contributed by atoms with E-state index in [1.807, 2.05) is 11.8 Å². The Morgan fingerprint density at radius 1 is 1.40 bits per heavy atom. The molecule has 1 saturated carbocycles. The van der Waals surface area contributed by atoms with Crippen molar-refractivity contribution in [1.82, 2.24) is 9.97 Å². The van der Waals surface area contributed by atoms with Crippen LogP contribution in [0.4, 0.5) is 19.0 Å². The lowest BCUT2D eigenvalue weighted by Gasteiger charge is -2.21. The average molecular weight is 326 g/mol. The molecule has 112 valence electrons. The fraction of sp³-hybridized carbons (Fsp3) is 0.667. The Morgan fingerprint density at radius 2 is 2.15 bits per heavy atom. The molecule has 1 fully saturated rings. The normalized spacial score (nSPS) is 23.1. The van der Waals surface area contributed by atoms with Gasteiger partial charge in [-0.3, -0.25) is 0 Å². The summed E-state index contributed by atoms with van der Waals surface area (Å²) in [5, 5.41) is 3.09. The summed E-state index contributed by atoms with van der Waals surface area (Å²) >= 11 is 7.39. The van der Waals surface area contributed by atoms with Gasteiger partial charge in [-0.1, -0.05) is 13.3 Å². The molecule has 2 rings (SSSR count). The zero-order valence-electron chi connectivity index (χ0n) is 10.9. The summed E-state index contributed by atoms with van der Waals surface area (Å²) in [6, 6.07) is 1.05. The van der Waals surface area contributed by atoms with Crippen LogP contribution in [0.15, 0.2) is 6.07 Å². The van der Waals surface area contributed by atoms with Gasteiger partial charge in [0.2, 0.25) is 5.28 Å². The quantitative estimate of drug-likeness (QED) is 0.840. The lowest BCUT2D eigenvalue weighted by atomic mass is 10.2. The molecular formula is C12H15ClF3N3S. The SMILES string of the molecule is CCSC1CCCC1Nc1cc(C(F)(F)F)nc(Cl)n1. The van der Waals surface area contributed by atoms with Crippen molar-refractivity contribution in [3.8, 4) is 0 Å². The molecule has 1 heterocycles. The van der Waals surface area contributed by atoms with E-state index in [4.69, 9.17) is 11.6 Å². The lowest BCUT2D eigenvalue weighted by molar-refractivity contribution is -0.141. The van der Waals surface area contributed by atoms with E-state index in [2.05, 4.69) is 22.2 Å². The van der Waals surface area contributed by atoms with E-state index in [0.717, 1.165) is 31.1 Å². The van der Waals surface area contributed by atoms with Crippen LogP contribution in [0.1, 0.15) is 31.9 Å². The van der Waals surface area contributed by atoms with Crippen molar-refractivity contribution in [2.24, 2.45) is 0 Å². The highest BCUT2D eigenvalue weighted by Crippen LogP contribution is 2.33. The third kappa shape index (κ3) is 3.91. The van der Waals surface area contributed by atoms with Crippen molar-refractivity contribution >= 4 is 29.2 Å². The summed E-state index contributed by atoms with van der Waals surface area (Å²) in [5.74, 6) is 1.13. The van der Waals surface area contributed by atoms with Gasteiger partial charge in [0.25, 0.3) is 0 Å². The van der Waals surface area contributed by atoms with Crippen molar-refractivity contribution in [2.75, 3.05) is 11.1 Å². The molecule has 1 aliphatic carbocycles. The van der Waals surface area contributed by atoms with E-state index < -0.39 is 11.9 Å². The van der Waals surface area contributed by atoms with Crippen LogP contribution in [0.3, 0.4) is 0 Å². The van der Waals surface area contributed by atoms with Crippen LogP contribution in [0.25, 0.3) is 0 Å². The first-order chi connectivity index (χ1) is 9.40. The van der Waals surface area contributed by atoms with E-state index >= 15 is 0 Å². The summed E-state index contributed by atoms with van der Waals surface area (Å²) in [5.41, 5.74) is -1.02. The predicted octanol–water partition coefficient (Wildman–Crippen LogP) is 4.23. The monoisotopic (exact) mass is 325 g/mol. The van der Waals surface area contributed by atoms with E-state index in [1.54, 1.807) is 0 Å². The van der Waals surface area contributed by atoms with Crippen LogP contribution in [-0.4, -0.2) is 27.0 Å².